The number of allylic oxidation sites excluding steroid dienone is 8. The lowest BCUT2D eigenvalue weighted by molar-refractivity contribution is -0.143. The second kappa shape index (κ2) is 71.3. The molecule has 0 aromatic rings. The van der Waals surface area contributed by atoms with Crippen LogP contribution in [0.1, 0.15) is 399 Å². The smallest absolute Gasteiger partial charge is 0.305 e. The zero-order valence-corrected chi connectivity index (χ0v) is 55.2. The number of hydrogen-bond acceptors (Lipinski definition) is 5. The Morgan fingerprint density at radius 2 is 0.634 bits per heavy atom. The predicted molar refractivity (Wildman–Crippen MR) is 361 cm³/mol. The van der Waals surface area contributed by atoms with Crippen LogP contribution in [0.2, 0.25) is 0 Å². The molecule has 0 spiro atoms. The molecule has 1 amide bonds. The molecule has 0 aliphatic carbocycles. The molecule has 482 valence electrons. The Balaban J connectivity index is 3.42. The van der Waals surface area contributed by atoms with Gasteiger partial charge in [0, 0.05) is 12.8 Å². The first kappa shape index (κ1) is 79.8. The van der Waals surface area contributed by atoms with E-state index in [1.807, 2.05) is 0 Å². The van der Waals surface area contributed by atoms with Gasteiger partial charge in [0.15, 0.2) is 0 Å². The first-order valence-corrected chi connectivity index (χ1v) is 36.9. The molecule has 0 rings (SSSR count). The van der Waals surface area contributed by atoms with Crippen molar-refractivity contribution in [1.29, 1.82) is 0 Å². The molecule has 0 aromatic heterocycles. The van der Waals surface area contributed by atoms with Gasteiger partial charge in [-0.05, 0) is 83.5 Å². The summed E-state index contributed by atoms with van der Waals surface area (Å²) in [6.07, 6.45) is 93.1. The van der Waals surface area contributed by atoms with Crippen molar-refractivity contribution in [2.75, 3.05) is 13.2 Å². The van der Waals surface area contributed by atoms with Crippen molar-refractivity contribution in [3.8, 4) is 0 Å². The van der Waals surface area contributed by atoms with E-state index >= 15 is 0 Å². The lowest BCUT2D eigenvalue weighted by atomic mass is 10.0. The summed E-state index contributed by atoms with van der Waals surface area (Å²) in [5, 5.41) is 23.5. The van der Waals surface area contributed by atoms with Gasteiger partial charge >= 0.3 is 5.97 Å². The van der Waals surface area contributed by atoms with Gasteiger partial charge in [0.05, 0.1) is 25.4 Å². The summed E-state index contributed by atoms with van der Waals surface area (Å²) in [7, 11) is 0. The molecule has 2 atom stereocenters. The Labute approximate surface area is 512 Å². The third-order valence-electron chi connectivity index (χ3n) is 17.1. The Bertz CT molecular complexity index is 1370. The molecule has 0 radical (unpaired) electrons. The van der Waals surface area contributed by atoms with Crippen molar-refractivity contribution >= 4 is 11.9 Å². The van der Waals surface area contributed by atoms with Crippen LogP contribution in [0.25, 0.3) is 0 Å². The summed E-state index contributed by atoms with van der Waals surface area (Å²) in [6, 6.07) is -0.546. The molecule has 0 aliphatic rings. The fourth-order valence-electron chi connectivity index (χ4n) is 11.5. The molecule has 0 bridgehead atoms. The van der Waals surface area contributed by atoms with Crippen LogP contribution in [0.5, 0.6) is 0 Å². The molecule has 3 N–H and O–H groups in total. The van der Waals surface area contributed by atoms with Crippen molar-refractivity contribution in [3.05, 3.63) is 48.6 Å². The van der Waals surface area contributed by atoms with E-state index in [2.05, 4.69) is 67.8 Å². The number of nitrogens with one attached hydrogen (secondary N) is 1. The van der Waals surface area contributed by atoms with Gasteiger partial charge in [0.2, 0.25) is 5.91 Å². The third-order valence-corrected chi connectivity index (χ3v) is 17.1. The summed E-state index contributed by atoms with van der Waals surface area (Å²) >= 11 is 0. The predicted octanol–water partition coefficient (Wildman–Crippen LogP) is 24.0. The van der Waals surface area contributed by atoms with Crippen molar-refractivity contribution < 1.29 is 24.5 Å². The molecule has 6 heteroatoms. The largest absolute Gasteiger partial charge is 0.466 e. The first-order chi connectivity index (χ1) is 40.5. The summed E-state index contributed by atoms with van der Waals surface area (Å²) < 4.78 is 5.47. The average molecular weight is 1150 g/mol. The Morgan fingerprint density at radius 3 is 0.976 bits per heavy atom. The number of hydrogen-bond donors (Lipinski definition) is 3. The fourth-order valence-corrected chi connectivity index (χ4v) is 11.5. The monoisotopic (exact) mass is 1150 g/mol. The third kappa shape index (κ3) is 67.0. The number of carbonyl (C=O) groups is 2. The van der Waals surface area contributed by atoms with E-state index in [1.165, 1.54) is 308 Å². The minimum Gasteiger partial charge on any atom is -0.466 e. The molecular formula is C76H143NO5. The minimum atomic E-state index is -0.669. The summed E-state index contributed by atoms with van der Waals surface area (Å²) in [5.41, 5.74) is 0. The van der Waals surface area contributed by atoms with Gasteiger partial charge in [-0.15, -0.1) is 0 Å². The van der Waals surface area contributed by atoms with Crippen LogP contribution in [0.4, 0.5) is 0 Å². The highest BCUT2D eigenvalue weighted by Gasteiger charge is 2.20. The number of carbonyl (C=O) groups excluding carboxylic acids is 2. The number of rotatable bonds is 69. The maximum Gasteiger partial charge on any atom is 0.305 e. The summed E-state index contributed by atoms with van der Waals surface area (Å²) in [6.45, 7) is 4.91. The van der Waals surface area contributed by atoms with E-state index in [0.717, 1.165) is 57.8 Å². The van der Waals surface area contributed by atoms with Crippen molar-refractivity contribution in [2.45, 2.75) is 411 Å². The molecule has 0 saturated carbocycles. The second-order valence-electron chi connectivity index (χ2n) is 25.3. The molecule has 0 saturated heterocycles. The lowest BCUT2D eigenvalue weighted by Gasteiger charge is -2.22. The van der Waals surface area contributed by atoms with Crippen LogP contribution in [-0.2, 0) is 14.3 Å². The van der Waals surface area contributed by atoms with Gasteiger partial charge in [-0.25, -0.2) is 0 Å². The highest BCUT2D eigenvalue weighted by atomic mass is 16.5. The number of aliphatic hydroxyl groups excluding tert-OH is 2. The normalized spacial score (nSPS) is 12.8. The van der Waals surface area contributed by atoms with Gasteiger partial charge in [0.1, 0.15) is 0 Å². The van der Waals surface area contributed by atoms with E-state index in [9.17, 15) is 19.8 Å². The van der Waals surface area contributed by atoms with Gasteiger partial charge in [-0.2, -0.15) is 0 Å². The topological polar surface area (TPSA) is 95.9 Å². The van der Waals surface area contributed by atoms with Crippen LogP contribution in [0.3, 0.4) is 0 Å². The number of aliphatic hydroxyl groups is 2. The number of amides is 1. The highest BCUT2D eigenvalue weighted by molar-refractivity contribution is 5.76. The Morgan fingerprint density at radius 1 is 0.341 bits per heavy atom. The van der Waals surface area contributed by atoms with E-state index < -0.39 is 12.1 Å². The van der Waals surface area contributed by atoms with Crippen LogP contribution >= 0.6 is 0 Å². The standard InChI is InChI=1S/C76H143NO5/c1-3-5-7-9-11-13-15-17-18-19-20-21-22-26-29-32-35-38-41-45-48-52-56-60-64-68-74(79)73(72-78)77-75(80)69-65-61-57-53-49-46-42-39-36-33-30-27-24-23-25-28-31-34-37-40-43-47-51-55-59-63-67-71-82-76(81)70-66-62-58-54-50-44-16-14-12-10-8-6-4-2/h8,10,14,16,23-24,28,31,73-74,78-79H,3-7,9,11-13,15,17-22,25-27,29-30,32-72H2,1-2H3,(H,77,80)/b10-8-,16-14-,24-23-,31-28-. The van der Waals surface area contributed by atoms with Crippen LogP contribution in [0, 0.1) is 0 Å². The molecule has 6 nitrogen and oxygen atoms in total. The Hall–Kier alpha value is -2.18. The van der Waals surface area contributed by atoms with Crippen LogP contribution in [-0.4, -0.2) is 47.4 Å². The quantitative estimate of drug-likeness (QED) is 0.0320. The summed E-state index contributed by atoms with van der Waals surface area (Å²) in [4.78, 5) is 24.6. The minimum absolute atomic E-state index is 0.00444. The Kier molecular flexibility index (Phi) is 69.4. The van der Waals surface area contributed by atoms with Gasteiger partial charge in [-0.1, -0.05) is 351 Å². The zero-order valence-electron chi connectivity index (χ0n) is 55.2. The van der Waals surface area contributed by atoms with Gasteiger partial charge < -0.3 is 20.3 Å². The molecular weight excluding hydrogens is 1010 g/mol. The number of unbranched alkanes of at least 4 members (excludes halogenated alkanes) is 50. The van der Waals surface area contributed by atoms with Crippen LogP contribution in [0.15, 0.2) is 48.6 Å². The van der Waals surface area contributed by atoms with E-state index in [1.54, 1.807) is 0 Å². The van der Waals surface area contributed by atoms with Gasteiger partial charge in [0.25, 0.3) is 0 Å². The van der Waals surface area contributed by atoms with Crippen molar-refractivity contribution in [2.24, 2.45) is 0 Å². The van der Waals surface area contributed by atoms with E-state index in [4.69, 9.17) is 4.74 Å². The first-order valence-electron chi connectivity index (χ1n) is 36.9. The van der Waals surface area contributed by atoms with E-state index in [0.29, 0.717) is 25.9 Å². The number of esters is 1. The molecule has 0 heterocycles. The lowest BCUT2D eigenvalue weighted by Crippen LogP contribution is -2.45. The summed E-state index contributed by atoms with van der Waals surface area (Å²) in [5.74, 6) is -0.0384. The van der Waals surface area contributed by atoms with Gasteiger partial charge in [-0.3, -0.25) is 9.59 Å². The van der Waals surface area contributed by atoms with Crippen LogP contribution < -0.4 is 5.32 Å². The highest BCUT2D eigenvalue weighted by Crippen LogP contribution is 2.19. The fraction of sp³-hybridized carbons (Fsp3) is 0.868. The van der Waals surface area contributed by atoms with Crippen molar-refractivity contribution in [3.63, 3.8) is 0 Å². The SMILES string of the molecule is CCC/C=C\C/C=C\CCCCCCCC(=O)OCCCCCCCCCCC/C=C\C/C=C\CCCCCCCCCCCCCC(=O)NC(CO)C(O)CCCCCCCCCCCCCCCCCCCCCCCCCCC. The van der Waals surface area contributed by atoms with Crippen molar-refractivity contribution in [1.82, 2.24) is 5.32 Å². The number of ether oxygens (including phenoxy) is 1. The molecule has 0 aliphatic heterocycles. The molecule has 2 unspecified atom stereocenters. The average Bonchev–Trinajstić information content (AvgIpc) is 3.48. The molecule has 0 aromatic carbocycles. The maximum absolute atomic E-state index is 12.6. The molecule has 0 fully saturated rings. The molecule has 82 heavy (non-hydrogen) atoms. The maximum atomic E-state index is 12.6. The second-order valence-corrected chi connectivity index (χ2v) is 25.3. The zero-order chi connectivity index (χ0) is 59.2. The van der Waals surface area contributed by atoms with E-state index in [-0.39, 0.29) is 18.5 Å².